The number of anilines is 6. The van der Waals surface area contributed by atoms with E-state index in [4.69, 9.17) is 0 Å². The Morgan fingerprint density at radius 2 is 1.25 bits per heavy atom. The van der Waals surface area contributed by atoms with Crippen LogP contribution in [0.2, 0.25) is 0 Å². The average Bonchev–Trinajstić information content (AvgIpc) is 2.85. The molecule has 1 aromatic heterocycles. The molecular formula is C26H25F2N7O. The predicted octanol–water partition coefficient (Wildman–Crippen LogP) is 5.69. The molecular weight excluding hydrogens is 464 g/mol. The minimum absolute atomic E-state index is 0.128. The second-order valence-corrected chi connectivity index (χ2v) is 8.17. The maximum absolute atomic E-state index is 13.3. The fourth-order valence-electron chi connectivity index (χ4n) is 3.26. The fourth-order valence-corrected chi connectivity index (χ4v) is 3.26. The number of amides is 1. The Morgan fingerprint density at radius 3 is 1.78 bits per heavy atom. The van der Waals surface area contributed by atoms with Crippen molar-refractivity contribution in [2.75, 3.05) is 21.3 Å². The van der Waals surface area contributed by atoms with E-state index in [1.54, 1.807) is 31.2 Å². The number of carbonyl (C=O) groups is 1. The van der Waals surface area contributed by atoms with Gasteiger partial charge in [0, 0.05) is 17.1 Å². The van der Waals surface area contributed by atoms with E-state index in [9.17, 15) is 13.6 Å². The molecule has 36 heavy (non-hydrogen) atoms. The monoisotopic (exact) mass is 489 g/mol. The number of nitrogens with one attached hydrogen (secondary N) is 4. The van der Waals surface area contributed by atoms with Crippen LogP contribution in [0.3, 0.4) is 0 Å². The van der Waals surface area contributed by atoms with Crippen LogP contribution in [0.25, 0.3) is 0 Å². The molecule has 0 spiro atoms. The Hall–Kier alpha value is -4.60. The van der Waals surface area contributed by atoms with Crippen molar-refractivity contribution < 1.29 is 13.6 Å². The van der Waals surface area contributed by atoms with Gasteiger partial charge in [-0.05, 0) is 86.5 Å². The summed E-state index contributed by atoms with van der Waals surface area (Å²) in [6.45, 7) is 5.60. The SMILES string of the molecule is Cc1cccc(NC(=O)[C@H](C)Nc2nc(Nc3ccc(F)cc3)nc(Nc3ccc(F)cc3)n2)c1C. The van der Waals surface area contributed by atoms with Crippen LogP contribution in [0.5, 0.6) is 0 Å². The van der Waals surface area contributed by atoms with E-state index >= 15 is 0 Å². The number of aromatic nitrogens is 3. The third-order valence-electron chi connectivity index (χ3n) is 5.44. The van der Waals surface area contributed by atoms with E-state index in [-0.39, 0.29) is 35.4 Å². The van der Waals surface area contributed by atoms with Gasteiger partial charge in [0.05, 0.1) is 0 Å². The highest BCUT2D eigenvalue weighted by molar-refractivity contribution is 5.96. The maximum Gasteiger partial charge on any atom is 0.246 e. The second kappa shape index (κ2) is 10.8. The first kappa shape index (κ1) is 24.5. The molecule has 0 aliphatic carbocycles. The van der Waals surface area contributed by atoms with Crippen molar-refractivity contribution >= 4 is 40.8 Å². The highest BCUT2D eigenvalue weighted by Gasteiger charge is 2.17. The van der Waals surface area contributed by atoms with Gasteiger partial charge in [-0.1, -0.05) is 12.1 Å². The topological polar surface area (TPSA) is 104 Å². The molecule has 4 N–H and O–H groups in total. The van der Waals surface area contributed by atoms with Gasteiger partial charge in [0.15, 0.2) is 0 Å². The third kappa shape index (κ3) is 6.29. The molecule has 0 fully saturated rings. The Bertz CT molecular complexity index is 1300. The second-order valence-electron chi connectivity index (χ2n) is 8.17. The summed E-state index contributed by atoms with van der Waals surface area (Å²) in [5.41, 5.74) is 3.89. The average molecular weight is 490 g/mol. The summed E-state index contributed by atoms with van der Waals surface area (Å²) in [6, 6.07) is 16.4. The minimum Gasteiger partial charge on any atom is -0.342 e. The van der Waals surface area contributed by atoms with Crippen molar-refractivity contribution in [3.63, 3.8) is 0 Å². The van der Waals surface area contributed by atoms with Gasteiger partial charge in [-0.25, -0.2) is 8.78 Å². The number of aryl methyl sites for hydroxylation is 1. The van der Waals surface area contributed by atoms with Crippen LogP contribution in [-0.2, 0) is 4.79 Å². The molecule has 3 aromatic carbocycles. The smallest absolute Gasteiger partial charge is 0.246 e. The van der Waals surface area contributed by atoms with Crippen LogP contribution in [0.4, 0.5) is 43.7 Å². The molecule has 0 unspecified atom stereocenters. The summed E-state index contributed by atoms with van der Waals surface area (Å²) in [4.78, 5) is 25.9. The lowest BCUT2D eigenvalue weighted by molar-refractivity contribution is -0.116. The normalized spacial score (nSPS) is 11.5. The fraction of sp³-hybridized carbons (Fsp3) is 0.154. The minimum atomic E-state index is -0.690. The first-order valence-corrected chi connectivity index (χ1v) is 11.2. The predicted molar refractivity (Wildman–Crippen MR) is 137 cm³/mol. The molecule has 0 bridgehead atoms. The van der Waals surface area contributed by atoms with Crippen molar-refractivity contribution in [1.82, 2.24) is 15.0 Å². The van der Waals surface area contributed by atoms with E-state index in [0.717, 1.165) is 16.8 Å². The third-order valence-corrected chi connectivity index (χ3v) is 5.44. The molecule has 8 nitrogen and oxygen atoms in total. The van der Waals surface area contributed by atoms with Crippen LogP contribution in [0, 0.1) is 25.5 Å². The number of benzene rings is 3. The Labute approximate surface area is 207 Å². The molecule has 0 saturated carbocycles. The van der Waals surface area contributed by atoms with Crippen molar-refractivity contribution in [2.45, 2.75) is 26.8 Å². The molecule has 4 rings (SSSR count). The summed E-state index contributed by atoms with van der Waals surface area (Å²) in [6.07, 6.45) is 0. The Morgan fingerprint density at radius 1 is 0.750 bits per heavy atom. The van der Waals surface area contributed by atoms with Gasteiger partial charge in [0.1, 0.15) is 17.7 Å². The molecule has 10 heteroatoms. The molecule has 1 atom stereocenters. The summed E-state index contributed by atoms with van der Waals surface area (Å²) in [5, 5.41) is 11.9. The summed E-state index contributed by atoms with van der Waals surface area (Å²) in [5.74, 6) is -0.577. The molecule has 4 aromatic rings. The first-order chi connectivity index (χ1) is 17.3. The van der Waals surface area contributed by atoms with E-state index < -0.39 is 6.04 Å². The lowest BCUT2D eigenvalue weighted by Gasteiger charge is -2.17. The number of halogens is 2. The maximum atomic E-state index is 13.3. The number of hydrogen-bond donors (Lipinski definition) is 4. The van der Waals surface area contributed by atoms with Crippen LogP contribution in [0.15, 0.2) is 66.7 Å². The quantitative estimate of drug-likeness (QED) is 0.252. The van der Waals surface area contributed by atoms with Gasteiger partial charge < -0.3 is 21.3 Å². The number of nitrogens with zero attached hydrogens (tertiary/aromatic N) is 3. The number of rotatable bonds is 8. The molecule has 0 aliphatic heterocycles. The van der Waals surface area contributed by atoms with Gasteiger partial charge >= 0.3 is 0 Å². The standard InChI is InChI=1S/C26H25F2N7O/c1-15-5-4-6-22(16(15)2)32-23(36)17(3)29-24-33-25(30-20-11-7-18(27)8-12-20)35-26(34-24)31-21-13-9-19(28)10-14-21/h4-14,17H,1-3H3,(H,32,36)(H3,29,30,31,33,34,35)/t17-/m0/s1. The lowest BCUT2D eigenvalue weighted by atomic mass is 10.1. The van der Waals surface area contributed by atoms with Gasteiger partial charge in [0.2, 0.25) is 23.8 Å². The van der Waals surface area contributed by atoms with Crippen molar-refractivity contribution in [2.24, 2.45) is 0 Å². The van der Waals surface area contributed by atoms with Crippen molar-refractivity contribution in [3.05, 3.63) is 89.5 Å². The zero-order valence-electron chi connectivity index (χ0n) is 19.9. The van der Waals surface area contributed by atoms with Crippen LogP contribution in [-0.4, -0.2) is 26.9 Å². The molecule has 1 heterocycles. The van der Waals surface area contributed by atoms with E-state index in [0.29, 0.717) is 11.4 Å². The molecule has 0 aliphatic rings. The van der Waals surface area contributed by atoms with Crippen LogP contribution in [0.1, 0.15) is 18.1 Å². The van der Waals surface area contributed by atoms with Gasteiger partial charge in [-0.3, -0.25) is 4.79 Å². The molecule has 0 saturated heterocycles. The first-order valence-electron chi connectivity index (χ1n) is 11.2. The van der Waals surface area contributed by atoms with Crippen molar-refractivity contribution in [3.8, 4) is 0 Å². The zero-order chi connectivity index (χ0) is 25.7. The molecule has 1 amide bonds. The van der Waals surface area contributed by atoms with E-state index in [1.807, 2.05) is 32.0 Å². The van der Waals surface area contributed by atoms with Crippen molar-refractivity contribution in [1.29, 1.82) is 0 Å². The lowest BCUT2D eigenvalue weighted by Crippen LogP contribution is -2.33. The number of hydrogen-bond acceptors (Lipinski definition) is 7. The highest BCUT2D eigenvalue weighted by Crippen LogP contribution is 2.21. The largest absolute Gasteiger partial charge is 0.342 e. The Balaban J connectivity index is 1.56. The number of carbonyl (C=O) groups excluding carboxylic acids is 1. The zero-order valence-corrected chi connectivity index (χ0v) is 19.9. The highest BCUT2D eigenvalue weighted by atomic mass is 19.1. The van der Waals surface area contributed by atoms with E-state index in [1.165, 1.54) is 24.3 Å². The summed E-state index contributed by atoms with van der Waals surface area (Å²) >= 11 is 0. The van der Waals surface area contributed by atoms with Crippen LogP contribution < -0.4 is 21.3 Å². The van der Waals surface area contributed by atoms with E-state index in [2.05, 4.69) is 36.2 Å². The summed E-state index contributed by atoms with van der Waals surface area (Å²) < 4.78 is 26.6. The van der Waals surface area contributed by atoms with Crippen LogP contribution >= 0.6 is 0 Å². The Kier molecular flexibility index (Phi) is 7.33. The molecule has 0 radical (unpaired) electrons. The van der Waals surface area contributed by atoms with Gasteiger partial charge in [0.25, 0.3) is 0 Å². The molecule has 184 valence electrons. The van der Waals surface area contributed by atoms with Gasteiger partial charge in [-0.2, -0.15) is 15.0 Å². The summed E-state index contributed by atoms with van der Waals surface area (Å²) in [7, 11) is 0. The van der Waals surface area contributed by atoms with Gasteiger partial charge in [-0.15, -0.1) is 0 Å².